The third kappa shape index (κ3) is 2.52. The molecule has 1 aromatic rings. The molecule has 0 amide bonds. The molecular weight excluding hydrogens is 232 g/mol. The summed E-state index contributed by atoms with van der Waals surface area (Å²) in [5, 5.41) is 2.53. The van der Waals surface area contributed by atoms with E-state index in [0.29, 0.717) is 0 Å². The van der Waals surface area contributed by atoms with Crippen molar-refractivity contribution in [3.05, 3.63) is 23.3 Å². The van der Waals surface area contributed by atoms with Crippen LogP contribution in [0.3, 0.4) is 0 Å². The van der Waals surface area contributed by atoms with Crippen LogP contribution in [0.4, 0.5) is 8.78 Å². The molecule has 0 unspecified atom stereocenters. The van der Waals surface area contributed by atoms with Crippen molar-refractivity contribution in [3.63, 3.8) is 0 Å². The van der Waals surface area contributed by atoms with Crippen molar-refractivity contribution in [2.75, 3.05) is 27.8 Å². The fourth-order valence-corrected chi connectivity index (χ4v) is 1.38. The number of carbonyl (C=O) groups excluding carboxylic acids is 1. The summed E-state index contributed by atoms with van der Waals surface area (Å²) in [6.45, 7) is -0.176. The molecule has 0 atom stereocenters. The maximum Gasteiger partial charge on any atom is 0.182 e. The number of carbonyl (C=O) groups is 1. The maximum atomic E-state index is 13.8. The van der Waals surface area contributed by atoms with Crippen LogP contribution >= 0.6 is 0 Å². The Morgan fingerprint density at radius 3 is 2.06 bits per heavy atom. The quantitative estimate of drug-likeness (QED) is 0.796. The molecule has 0 aliphatic heterocycles. The standard InChI is InChI=1S/C11H13F2NO3/c1-14-5-6(15)9-10(12)7(16-2)4-8(17-3)11(9)13/h4,14H,5H2,1-3H3. The molecule has 6 heteroatoms. The molecule has 0 spiro atoms. The largest absolute Gasteiger partial charge is 0.494 e. The summed E-state index contributed by atoms with van der Waals surface area (Å²) in [6.07, 6.45) is 0. The third-order valence-electron chi connectivity index (χ3n) is 2.19. The van der Waals surface area contributed by atoms with E-state index in [1.807, 2.05) is 0 Å². The van der Waals surface area contributed by atoms with E-state index < -0.39 is 23.0 Å². The molecule has 0 saturated heterocycles. The number of rotatable bonds is 5. The number of halogens is 2. The van der Waals surface area contributed by atoms with Crippen molar-refractivity contribution in [1.82, 2.24) is 5.32 Å². The normalized spacial score (nSPS) is 10.2. The predicted molar refractivity (Wildman–Crippen MR) is 57.7 cm³/mol. The molecule has 1 rings (SSSR count). The van der Waals surface area contributed by atoms with Gasteiger partial charge in [0.05, 0.1) is 26.3 Å². The van der Waals surface area contributed by atoms with Gasteiger partial charge in [0.25, 0.3) is 0 Å². The Balaban J connectivity index is 3.39. The Labute approximate surface area is 97.5 Å². The first-order chi connectivity index (χ1) is 8.06. The molecule has 17 heavy (non-hydrogen) atoms. The summed E-state index contributed by atoms with van der Waals surface area (Å²) < 4.78 is 36.9. The number of hydrogen-bond acceptors (Lipinski definition) is 4. The number of ether oxygens (including phenoxy) is 2. The average molecular weight is 245 g/mol. The van der Waals surface area contributed by atoms with Crippen LogP contribution in [0.2, 0.25) is 0 Å². The van der Waals surface area contributed by atoms with E-state index in [4.69, 9.17) is 9.47 Å². The van der Waals surface area contributed by atoms with E-state index in [1.165, 1.54) is 21.3 Å². The molecule has 0 bridgehead atoms. The van der Waals surface area contributed by atoms with E-state index in [2.05, 4.69) is 5.32 Å². The lowest BCUT2D eigenvalue weighted by molar-refractivity contribution is 0.0983. The smallest absolute Gasteiger partial charge is 0.182 e. The fraction of sp³-hybridized carbons (Fsp3) is 0.364. The summed E-state index contributed by atoms with van der Waals surface area (Å²) in [5.74, 6) is -3.22. The monoisotopic (exact) mass is 245 g/mol. The molecule has 0 radical (unpaired) electrons. The van der Waals surface area contributed by atoms with E-state index in [-0.39, 0.29) is 18.0 Å². The summed E-state index contributed by atoms with van der Waals surface area (Å²) >= 11 is 0. The van der Waals surface area contributed by atoms with Crippen molar-refractivity contribution in [1.29, 1.82) is 0 Å². The second-order valence-corrected chi connectivity index (χ2v) is 3.24. The zero-order chi connectivity index (χ0) is 13.0. The second kappa shape index (κ2) is 5.58. The topological polar surface area (TPSA) is 47.6 Å². The molecule has 4 nitrogen and oxygen atoms in total. The van der Waals surface area contributed by atoms with Gasteiger partial charge in [0.2, 0.25) is 0 Å². The first kappa shape index (κ1) is 13.4. The number of hydrogen-bond donors (Lipinski definition) is 1. The molecular formula is C11H13F2NO3. The SMILES string of the molecule is CNCC(=O)c1c(F)c(OC)cc(OC)c1F. The van der Waals surface area contributed by atoms with Crippen LogP contribution < -0.4 is 14.8 Å². The molecule has 0 heterocycles. The van der Waals surface area contributed by atoms with Gasteiger partial charge in [0.15, 0.2) is 28.9 Å². The van der Waals surface area contributed by atoms with Crippen LogP contribution in [0.15, 0.2) is 6.07 Å². The number of Topliss-reactive ketones (excluding diaryl/α,β-unsaturated/α-hetero) is 1. The highest BCUT2D eigenvalue weighted by atomic mass is 19.1. The Morgan fingerprint density at radius 2 is 1.71 bits per heavy atom. The van der Waals surface area contributed by atoms with Crippen LogP contribution in [-0.4, -0.2) is 33.6 Å². The number of nitrogens with one attached hydrogen (secondary N) is 1. The van der Waals surface area contributed by atoms with Crippen LogP contribution in [0.25, 0.3) is 0 Å². The fourth-order valence-electron chi connectivity index (χ4n) is 1.38. The molecule has 94 valence electrons. The van der Waals surface area contributed by atoms with Crippen LogP contribution in [0.5, 0.6) is 11.5 Å². The van der Waals surface area contributed by atoms with Crippen molar-refractivity contribution in [2.24, 2.45) is 0 Å². The zero-order valence-electron chi connectivity index (χ0n) is 9.77. The summed E-state index contributed by atoms with van der Waals surface area (Å²) in [5.41, 5.74) is -0.657. The van der Waals surface area contributed by atoms with Gasteiger partial charge >= 0.3 is 0 Å². The molecule has 0 aromatic heterocycles. The van der Waals surface area contributed by atoms with Gasteiger partial charge in [0.1, 0.15) is 0 Å². The Morgan fingerprint density at radius 1 is 1.24 bits per heavy atom. The summed E-state index contributed by atoms with van der Waals surface area (Å²) in [6, 6.07) is 1.06. The van der Waals surface area contributed by atoms with Gasteiger partial charge in [0, 0.05) is 6.07 Å². The van der Waals surface area contributed by atoms with Crippen LogP contribution in [-0.2, 0) is 0 Å². The number of ketones is 1. The highest BCUT2D eigenvalue weighted by Crippen LogP contribution is 2.31. The predicted octanol–water partition coefficient (Wildman–Crippen LogP) is 1.38. The highest BCUT2D eigenvalue weighted by Gasteiger charge is 2.24. The number of likely N-dealkylation sites (N-methyl/N-ethyl adjacent to an activating group) is 1. The van der Waals surface area contributed by atoms with Crippen LogP contribution in [0, 0.1) is 11.6 Å². The molecule has 0 aliphatic carbocycles. The van der Waals surface area contributed by atoms with E-state index in [0.717, 1.165) is 6.07 Å². The van der Waals surface area contributed by atoms with E-state index in [9.17, 15) is 13.6 Å². The zero-order valence-corrected chi connectivity index (χ0v) is 9.77. The van der Waals surface area contributed by atoms with Gasteiger partial charge in [-0.25, -0.2) is 8.78 Å². The van der Waals surface area contributed by atoms with Crippen LogP contribution in [0.1, 0.15) is 10.4 Å². The van der Waals surface area contributed by atoms with E-state index >= 15 is 0 Å². The Bertz CT molecular complexity index is 407. The Kier molecular flexibility index (Phi) is 4.39. The molecule has 0 fully saturated rings. The first-order valence-corrected chi connectivity index (χ1v) is 4.84. The first-order valence-electron chi connectivity index (χ1n) is 4.84. The van der Waals surface area contributed by atoms with Crippen molar-refractivity contribution in [2.45, 2.75) is 0 Å². The van der Waals surface area contributed by atoms with Gasteiger partial charge < -0.3 is 14.8 Å². The maximum absolute atomic E-state index is 13.8. The second-order valence-electron chi connectivity index (χ2n) is 3.24. The summed E-state index contributed by atoms with van der Waals surface area (Å²) in [4.78, 5) is 11.6. The average Bonchev–Trinajstić information content (AvgIpc) is 2.30. The van der Waals surface area contributed by atoms with Crippen molar-refractivity contribution >= 4 is 5.78 Å². The summed E-state index contributed by atoms with van der Waals surface area (Å²) in [7, 11) is 3.95. The van der Waals surface area contributed by atoms with Gasteiger partial charge in [-0.15, -0.1) is 0 Å². The van der Waals surface area contributed by atoms with E-state index in [1.54, 1.807) is 0 Å². The van der Waals surface area contributed by atoms with Gasteiger partial charge in [-0.2, -0.15) is 0 Å². The van der Waals surface area contributed by atoms with Gasteiger partial charge in [-0.1, -0.05) is 0 Å². The number of methoxy groups -OCH3 is 2. The minimum absolute atomic E-state index is 0.176. The lowest BCUT2D eigenvalue weighted by Crippen LogP contribution is -2.21. The third-order valence-corrected chi connectivity index (χ3v) is 2.19. The molecule has 1 aromatic carbocycles. The molecule has 0 aliphatic rings. The minimum atomic E-state index is -1.02. The van der Waals surface area contributed by atoms with Gasteiger partial charge in [-0.05, 0) is 7.05 Å². The van der Waals surface area contributed by atoms with Crippen molar-refractivity contribution in [3.8, 4) is 11.5 Å². The molecule has 0 saturated carbocycles. The minimum Gasteiger partial charge on any atom is -0.494 e. The van der Waals surface area contributed by atoms with Gasteiger partial charge in [-0.3, -0.25) is 4.79 Å². The number of benzene rings is 1. The Hall–Kier alpha value is -1.69. The molecule has 1 N–H and O–H groups in total. The lowest BCUT2D eigenvalue weighted by Gasteiger charge is -2.11. The highest BCUT2D eigenvalue weighted by molar-refractivity contribution is 5.99. The van der Waals surface area contributed by atoms with Crippen molar-refractivity contribution < 1.29 is 23.0 Å². The lowest BCUT2D eigenvalue weighted by atomic mass is 10.1.